The van der Waals surface area contributed by atoms with E-state index in [1.54, 1.807) is 0 Å². The van der Waals surface area contributed by atoms with Crippen LogP contribution < -0.4 is 4.90 Å². The summed E-state index contributed by atoms with van der Waals surface area (Å²) in [4.78, 5) is 5.85. The van der Waals surface area contributed by atoms with Crippen molar-refractivity contribution in [1.29, 1.82) is 0 Å². The van der Waals surface area contributed by atoms with E-state index in [0.717, 1.165) is 12.3 Å². The Morgan fingerprint density at radius 3 is 2.68 bits per heavy atom. The Labute approximate surface area is 117 Å². The topological polar surface area (TPSA) is 25.4 Å². The summed E-state index contributed by atoms with van der Waals surface area (Å²) in [5.41, 5.74) is -0.727. The van der Waals surface area contributed by atoms with E-state index in [1.807, 2.05) is 11.8 Å². The van der Waals surface area contributed by atoms with Gasteiger partial charge in [0.15, 0.2) is 0 Å². The lowest BCUT2D eigenvalue weighted by molar-refractivity contribution is -0.137. The first-order valence-corrected chi connectivity index (χ1v) is 7.02. The number of hydrogen-bond acceptors (Lipinski definition) is 3. The Hall–Kier alpha value is -0.820. The van der Waals surface area contributed by atoms with Gasteiger partial charge in [-0.05, 0) is 19.1 Å². The first kappa shape index (κ1) is 14.6. The minimum atomic E-state index is -4.35. The SMILES string of the molecule is CC1CN(c2ccc(C(F)(F)F)cn2)CC(CBr)O1. The first-order valence-electron chi connectivity index (χ1n) is 5.89. The molecule has 3 nitrogen and oxygen atoms in total. The lowest BCUT2D eigenvalue weighted by atomic mass is 10.2. The third-order valence-electron chi connectivity index (χ3n) is 2.90. The molecule has 2 rings (SSSR count). The molecule has 2 atom stereocenters. The van der Waals surface area contributed by atoms with Crippen molar-refractivity contribution in [3.8, 4) is 0 Å². The van der Waals surface area contributed by atoms with Crippen LogP contribution in [0.3, 0.4) is 0 Å². The summed E-state index contributed by atoms with van der Waals surface area (Å²) in [5.74, 6) is 0.550. The predicted octanol–water partition coefficient (Wildman–Crippen LogP) is 3.09. The van der Waals surface area contributed by atoms with Gasteiger partial charge in [0.2, 0.25) is 0 Å². The second kappa shape index (κ2) is 5.66. The average molecular weight is 339 g/mol. The normalized spacial score (nSPS) is 24.6. The van der Waals surface area contributed by atoms with Gasteiger partial charge in [-0.1, -0.05) is 15.9 Å². The zero-order valence-corrected chi connectivity index (χ0v) is 11.9. The van der Waals surface area contributed by atoms with E-state index in [1.165, 1.54) is 6.07 Å². The van der Waals surface area contributed by atoms with Crippen molar-refractivity contribution >= 4 is 21.7 Å². The van der Waals surface area contributed by atoms with Gasteiger partial charge in [0.25, 0.3) is 0 Å². The summed E-state index contributed by atoms with van der Waals surface area (Å²) >= 11 is 3.36. The first-order chi connectivity index (χ1) is 8.90. The summed E-state index contributed by atoms with van der Waals surface area (Å²) < 4.78 is 43.1. The number of nitrogens with zero attached hydrogens (tertiary/aromatic N) is 2. The summed E-state index contributed by atoms with van der Waals surface area (Å²) in [7, 11) is 0. The number of anilines is 1. The van der Waals surface area contributed by atoms with Gasteiger partial charge in [-0.3, -0.25) is 0 Å². The smallest absolute Gasteiger partial charge is 0.371 e. The molecule has 1 saturated heterocycles. The molecule has 1 aromatic rings. The predicted molar refractivity (Wildman–Crippen MR) is 69.6 cm³/mol. The summed E-state index contributed by atoms with van der Waals surface area (Å²) in [6.07, 6.45) is -3.42. The van der Waals surface area contributed by atoms with Gasteiger partial charge >= 0.3 is 6.18 Å². The van der Waals surface area contributed by atoms with Gasteiger partial charge in [0.05, 0.1) is 17.8 Å². The number of ether oxygens (including phenoxy) is 1. The van der Waals surface area contributed by atoms with Crippen molar-refractivity contribution in [2.75, 3.05) is 23.3 Å². The zero-order valence-electron chi connectivity index (χ0n) is 10.3. The lowest BCUT2D eigenvalue weighted by Crippen LogP contribution is -2.47. The number of halogens is 4. The molecule has 0 aliphatic carbocycles. The van der Waals surface area contributed by atoms with Crippen LogP contribution in [-0.2, 0) is 10.9 Å². The van der Waals surface area contributed by atoms with Gasteiger partial charge in [-0.15, -0.1) is 0 Å². The Balaban J connectivity index is 2.13. The van der Waals surface area contributed by atoms with Gasteiger partial charge in [-0.25, -0.2) is 4.98 Å². The van der Waals surface area contributed by atoms with Crippen molar-refractivity contribution in [3.05, 3.63) is 23.9 Å². The molecule has 1 fully saturated rings. The van der Waals surface area contributed by atoms with E-state index >= 15 is 0 Å². The summed E-state index contributed by atoms with van der Waals surface area (Å²) in [6, 6.07) is 2.47. The lowest BCUT2D eigenvalue weighted by Gasteiger charge is -2.36. The fourth-order valence-corrected chi connectivity index (χ4v) is 2.42. The maximum atomic E-state index is 12.5. The van der Waals surface area contributed by atoms with Crippen molar-refractivity contribution in [1.82, 2.24) is 4.98 Å². The van der Waals surface area contributed by atoms with Gasteiger partial charge in [0, 0.05) is 24.6 Å². The van der Waals surface area contributed by atoms with Crippen molar-refractivity contribution in [2.45, 2.75) is 25.3 Å². The fourth-order valence-electron chi connectivity index (χ4n) is 2.06. The van der Waals surface area contributed by atoms with E-state index in [0.29, 0.717) is 24.2 Å². The number of aromatic nitrogens is 1. The van der Waals surface area contributed by atoms with E-state index < -0.39 is 11.7 Å². The molecule has 106 valence electrons. The molecular formula is C12H14BrF3N2O. The van der Waals surface area contributed by atoms with Crippen LogP contribution in [0.4, 0.5) is 19.0 Å². The van der Waals surface area contributed by atoms with Crippen LogP contribution >= 0.6 is 15.9 Å². The second-order valence-electron chi connectivity index (χ2n) is 4.53. The van der Waals surface area contributed by atoms with Gasteiger partial charge in [-0.2, -0.15) is 13.2 Å². The van der Waals surface area contributed by atoms with Crippen LogP contribution in [0.5, 0.6) is 0 Å². The van der Waals surface area contributed by atoms with Crippen molar-refractivity contribution in [3.63, 3.8) is 0 Å². The van der Waals surface area contributed by atoms with Crippen LogP contribution in [0.1, 0.15) is 12.5 Å². The molecule has 1 aliphatic rings. The molecule has 0 saturated carbocycles. The quantitative estimate of drug-likeness (QED) is 0.775. The number of pyridine rings is 1. The van der Waals surface area contributed by atoms with Crippen LogP contribution in [0.15, 0.2) is 18.3 Å². The van der Waals surface area contributed by atoms with E-state index in [-0.39, 0.29) is 12.2 Å². The van der Waals surface area contributed by atoms with Crippen molar-refractivity contribution in [2.24, 2.45) is 0 Å². The molecule has 0 spiro atoms. The minimum Gasteiger partial charge on any atom is -0.371 e. The molecule has 2 heterocycles. The maximum Gasteiger partial charge on any atom is 0.417 e. The fraction of sp³-hybridized carbons (Fsp3) is 0.583. The highest BCUT2D eigenvalue weighted by molar-refractivity contribution is 9.09. The molecule has 19 heavy (non-hydrogen) atoms. The molecule has 2 unspecified atom stereocenters. The number of morpholine rings is 1. The Bertz CT molecular complexity index is 424. The minimum absolute atomic E-state index is 0.0212. The highest BCUT2D eigenvalue weighted by Crippen LogP contribution is 2.29. The molecule has 0 radical (unpaired) electrons. The monoisotopic (exact) mass is 338 g/mol. The second-order valence-corrected chi connectivity index (χ2v) is 5.18. The Morgan fingerprint density at radius 2 is 2.16 bits per heavy atom. The zero-order chi connectivity index (χ0) is 14.0. The molecule has 0 amide bonds. The molecule has 1 aliphatic heterocycles. The molecule has 0 bridgehead atoms. The molecule has 0 aromatic carbocycles. The van der Waals surface area contributed by atoms with Crippen LogP contribution in [0.25, 0.3) is 0 Å². The maximum absolute atomic E-state index is 12.5. The van der Waals surface area contributed by atoms with Gasteiger partial charge in [0.1, 0.15) is 5.82 Å². The van der Waals surface area contributed by atoms with Crippen molar-refractivity contribution < 1.29 is 17.9 Å². The molecule has 1 aromatic heterocycles. The number of alkyl halides is 4. The average Bonchev–Trinajstić information content (AvgIpc) is 2.37. The summed E-state index contributed by atoms with van der Waals surface area (Å²) in [6.45, 7) is 3.18. The molecular weight excluding hydrogens is 325 g/mol. The van der Waals surface area contributed by atoms with Crippen LogP contribution in [0, 0.1) is 0 Å². The third kappa shape index (κ3) is 3.60. The Kier molecular flexibility index (Phi) is 4.35. The molecule has 0 N–H and O–H groups in total. The Morgan fingerprint density at radius 1 is 1.42 bits per heavy atom. The number of rotatable bonds is 2. The van der Waals surface area contributed by atoms with E-state index in [2.05, 4.69) is 20.9 Å². The largest absolute Gasteiger partial charge is 0.417 e. The third-order valence-corrected chi connectivity index (χ3v) is 3.62. The number of hydrogen-bond donors (Lipinski definition) is 0. The van der Waals surface area contributed by atoms with Crippen LogP contribution in [-0.4, -0.2) is 35.6 Å². The molecule has 7 heteroatoms. The highest BCUT2D eigenvalue weighted by atomic mass is 79.9. The van der Waals surface area contributed by atoms with Gasteiger partial charge < -0.3 is 9.64 Å². The summed E-state index contributed by atoms with van der Waals surface area (Å²) in [5, 5.41) is 0.689. The van der Waals surface area contributed by atoms with E-state index in [4.69, 9.17) is 4.74 Å². The highest BCUT2D eigenvalue weighted by Gasteiger charge is 2.31. The standard InChI is InChI=1S/C12H14BrF3N2O/c1-8-6-18(7-10(4-13)19-8)11-3-2-9(5-17-11)12(14,15)16/h2-3,5,8,10H,4,6-7H2,1H3. The van der Waals surface area contributed by atoms with Crippen LogP contribution in [0.2, 0.25) is 0 Å². The van der Waals surface area contributed by atoms with E-state index in [9.17, 15) is 13.2 Å².